The molecule has 2 aromatic heterocycles. The van der Waals surface area contributed by atoms with Crippen molar-refractivity contribution in [3.05, 3.63) is 60.1 Å². The van der Waals surface area contributed by atoms with Gasteiger partial charge < -0.3 is 9.88 Å². The van der Waals surface area contributed by atoms with Gasteiger partial charge in [-0.3, -0.25) is 9.48 Å². The molecule has 1 amide bonds. The zero-order chi connectivity index (χ0) is 17.4. The molecule has 1 atom stereocenters. The average molecular weight is 339 g/mol. The van der Waals surface area contributed by atoms with E-state index in [4.69, 9.17) is 0 Å². The molecule has 0 radical (unpaired) electrons. The number of hydrogen-bond acceptors (Lipinski definition) is 3. The Morgan fingerprint density at radius 2 is 2.16 bits per heavy atom. The van der Waals surface area contributed by atoms with Gasteiger partial charge in [-0.15, -0.1) is 0 Å². The second kappa shape index (κ2) is 6.16. The van der Waals surface area contributed by atoms with Gasteiger partial charge in [-0.1, -0.05) is 12.1 Å². The number of aryl methyl sites for hydroxylation is 1. The van der Waals surface area contributed by atoms with E-state index in [1.54, 1.807) is 53.3 Å². The summed E-state index contributed by atoms with van der Waals surface area (Å²) in [6.45, 7) is 0.671. The number of hydrogen-bond donors (Lipinski definition) is 1. The average Bonchev–Trinajstić information content (AvgIpc) is 3.34. The Bertz CT molecular complexity index is 916. The van der Waals surface area contributed by atoms with Crippen LogP contribution in [0.15, 0.2) is 42.7 Å². The smallest absolute Gasteiger partial charge is 0.272 e. The summed E-state index contributed by atoms with van der Waals surface area (Å²) in [5, 5.41) is 4.06. The molecule has 0 spiro atoms. The summed E-state index contributed by atoms with van der Waals surface area (Å²) < 4.78 is 15.5. The molecule has 1 fully saturated rings. The highest BCUT2D eigenvalue weighted by Crippen LogP contribution is 2.33. The molecule has 0 bridgehead atoms. The van der Waals surface area contributed by atoms with E-state index in [-0.39, 0.29) is 17.8 Å². The normalized spacial score (nSPS) is 17.2. The molecular formula is C18H18FN5O. The molecule has 1 saturated heterocycles. The minimum atomic E-state index is -0.299. The van der Waals surface area contributed by atoms with E-state index in [2.05, 4.69) is 15.1 Å². The number of carbonyl (C=O) groups is 1. The van der Waals surface area contributed by atoms with Gasteiger partial charge in [0.05, 0.1) is 17.9 Å². The Kier molecular flexibility index (Phi) is 3.83. The van der Waals surface area contributed by atoms with Crippen LogP contribution in [0.25, 0.3) is 11.3 Å². The number of amides is 1. The van der Waals surface area contributed by atoms with Gasteiger partial charge in [-0.25, -0.2) is 9.37 Å². The van der Waals surface area contributed by atoms with Crippen molar-refractivity contribution in [3.63, 3.8) is 0 Å². The minimum absolute atomic E-state index is 0.0636. The molecule has 0 aliphatic carbocycles. The number of nitrogens with zero attached hydrogens (tertiary/aromatic N) is 4. The molecule has 7 heteroatoms. The van der Waals surface area contributed by atoms with Crippen molar-refractivity contribution in [1.29, 1.82) is 0 Å². The highest BCUT2D eigenvalue weighted by atomic mass is 19.1. The number of likely N-dealkylation sites (tertiary alicyclic amines) is 1. The van der Waals surface area contributed by atoms with Crippen molar-refractivity contribution in [2.24, 2.45) is 7.05 Å². The maximum absolute atomic E-state index is 14.0. The third-order valence-electron chi connectivity index (χ3n) is 4.63. The van der Waals surface area contributed by atoms with Crippen LogP contribution in [0.1, 0.15) is 35.2 Å². The number of carbonyl (C=O) groups excluding carboxylic acids is 1. The largest absolute Gasteiger partial charge is 0.340 e. The Hall–Kier alpha value is -2.96. The fraction of sp³-hybridized carbons (Fsp3) is 0.278. The summed E-state index contributed by atoms with van der Waals surface area (Å²) in [6, 6.07) is 8.14. The first kappa shape index (κ1) is 15.6. The third-order valence-corrected chi connectivity index (χ3v) is 4.63. The van der Waals surface area contributed by atoms with Crippen LogP contribution in [0.4, 0.5) is 4.39 Å². The first-order chi connectivity index (χ1) is 12.1. The molecule has 3 aromatic rings. The summed E-state index contributed by atoms with van der Waals surface area (Å²) in [6.07, 6.45) is 4.97. The van der Waals surface area contributed by atoms with E-state index in [1.165, 1.54) is 6.07 Å². The Balaban J connectivity index is 1.62. The van der Waals surface area contributed by atoms with Crippen LogP contribution in [0.2, 0.25) is 0 Å². The van der Waals surface area contributed by atoms with Gasteiger partial charge in [0.15, 0.2) is 0 Å². The Labute approximate surface area is 144 Å². The molecule has 1 aliphatic heterocycles. The van der Waals surface area contributed by atoms with E-state index in [0.29, 0.717) is 29.3 Å². The lowest BCUT2D eigenvalue weighted by atomic mass is 10.1. The van der Waals surface area contributed by atoms with E-state index < -0.39 is 0 Å². The molecule has 1 N–H and O–H groups in total. The maximum atomic E-state index is 14.0. The lowest BCUT2D eigenvalue weighted by Crippen LogP contribution is -2.32. The van der Waals surface area contributed by atoms with Gasteiger partial charge in [0.1, 0.15) is 17.3 Å². The third kappa shape index (κ3) is 2.71. The second-order valence-corrected chi connectivity index (χ2v) is 6.16. The summed E-state index contributed by atoms with van der Waals surface area (Å²) in [5.41, 5.74) is 1.64. The van der Waals surface area contributed by atoms with Crippen LogP contribution in [-0.2, 0) is 7.05 Å². The number of rotatable bonds is 3. The summed E-state index contributed by atoms with van der Waals surface area (Å²) in [4.78, 5) is 22.2. The topological polar surface area (TPSA) is 66.8 Å². The van der Waals surface area contributed by atoms with E-state index in [0.717, 1.165) is 12.8 Å². The number of imidazole rings is 1. The van der Waals surface area contributed by atoms with Gasteiger partial charge in [0, 0.05) is 25.4 Å². The predicted molar refractivity (Wildman–Crippen MR) is 90.2 cm³/mol. The van der Waals surface area contributed by atoms with Crippen molar-refractivity contribution in [3.8, 4) is 11.3 Å². The number of H-pyrrole nitrogens is 1. The Morgan fingerprint density at radius 3 is 2.92 bits per heavy atom. The molecule has 0 saturated carbocycles. The van der Waals surface area contributed by atoms with Crippen LogP contribution in [-0.4, -0.2) is 37.1 Å². The first-order valence-corrected chi connectivity index (χ1v) is 8.24. The monoisotopic (exact) mass is 339 g/mol. The van der Waals surface area contributed by atoms with Crippen LogP contribution >= 0.6 is 0 Å². The van der Waals surface area contributed by atoms with Crippen LogP contribution in [0.3, 0.4) is 0 Å². The fourth-order valence-corrected chi connectivity index (χ4v) is 3.35. The van der Waals surface area contributed by atoms with Gasteiger partial charge in [-0.2, -0.15) is 5.10 Å². The standard InChI is InChI=1S/C18H18FN5O/c1-23-16(8-9-21-23)18(25)24-10-4-7-15(24)17-20-11-14(22-17)12-5-2-3-6-13(12)19/h2-3,5-6,8-9,11,15H,4,7,10H2,1H3,(H,20,22). The van der Waals surface area contributed by atoms with Crippen LogP contribution in [0, 0.1) is 5.82 Å². The fourth-order valence-electron chi connectivity index (χ4n) is 3.35. The molecule has 3 heterocycles. The lowest BCUT2D eigenvalue weighted by molar-refractivity contribution is 0.0719. The predicted octanol–water partition coefficient (Wildman–Crippen LogP) is 2.93. The zero-order valence-electron chi connectivity index (χ0n) is 13.8. The molecule has 6 nitrogen and oxygen atoms in total. The van der Waals surface area contributed by atoms with E-state index in [9.17, 15) is 9.18 Å². The number of benzene rings is 1. The molecule has 25 heavy (non-hydrogen) atoms. The number of halogens is 1. The van der Waals surface area contributed by atoms with Crippen molar-refractivity contribution >= 4 is 5.91 Å². The second-order valence-electron chi connectivity index (χ2n) is 6.16. The molecular weight excluding hydrogens is 321 g/mol. The van der Waals surface area contributed by atoms with Gasteiger partial charge in [-0.05, 0) is 31.0 Å². The minimum Gasteiger partial charge on any atom is -0.340 e. The Morgan fingerprint density at radius 1 is 1.32 bits per heavy atom. The van der Waals surface area contributed by atoms with Crippen molar-refractivity contribution in [1.82, 2.24) is 24.6 Å². The van der Waals surface area contributed by atoms with Crippen LogP contribution in [0.5, 0.6) is 0 Å². The summed E-state index contributed by atoms with van der Waals surface area (Å²) in [7, 11) is 1.75. The first-order valence-electron chi connectivity index (χ1n) is 8.24. The quantitative estimate of drug-likeness (QED) is 0.798. The van der Waals surface area contributed by atoms with Gasteiger partial charge >= 0.3 is 0 Å². The zero-order valence-corrected chi connectivity index (χ0v) is 13.8. The van der Waals surface area contributed by atoms with Crippen molar-refractivity contribution in [2.75, 3.05) is 6.54 Å². The molecule has 1 aromatic carbocycles. The van der Waals surface area contributed by atoms with Crippen LogP contribution < -0.4 is 0 Å². The van der Waals surface area contributed by atoms with Crippen molar-refractivity contribution < 1.29 is 9.18 Å². The number of nitrogens with one attached hydrogen (secondary N) is 1. The summed E-state index contributed by atoms with van der Waals surface area (Å²) >= 11 is 0. The highest BCUT2D eigenvalue weighted by molar-refractivity contribution is 5.93. The number of aromatic amines is 1. The van der Waals surface area contributed by atoms with E-state index in [1.807, 2.05) is 0 Å². The van der Waals surface area contributed by atoms with Gasteiger partial charge in [0.2, 0.25) is 0 Å². The van der Waals surface area contributed by atoms with Gasteiger partial charge in [0.25, 0.3) is 5.91 Å². The number of aromatic nitrogens is 4. The van der Waals surface area contributed by atoms with E-state index >= 15 is 0 Å². The highest BCUT2D eigenvalue weighted by Gasteiger charge is 2.33. The molecule has 1 unspecified atom stereocenters. The summed E-state index contributed by atoms with van der Waals surface area (Å²) in [5.74, 6) is 0.324. The molecule has 4 rings (SSSR count). The maximum Gasteiger partial charge on any atom is 0.272 e. The SMILES string of the molecule is Cn1nccc1C(=O)N1CCCC1c1ncc(-c2ccccc2F)[nH]1. The molecule has 1 aliphatic rings. The molecule has 128 valence electrons. The lowest BCUT2D eigenvalue weighted by Gasteiger charge is -2.23. The van der Waals surface area contributed by atoms with Crippen molar-refractivity contribution in [2.45, 2.75) is 18.9 Å².